The molecule has 17 heavy (non-hydrogen) atoms. The first kappa shape index (κ1) is 11.1. The third-order valence-electron chi connectivity index (χ3n) is 1.97. The largest absolute Gasteiger partial charge is 0.343 e. The number of rotatable bonds is 3. The number of nitrogens with one attached hydrogen (secondary N) is 1. The highest BCUT2D eigenvalue weighted by Gasteiger charge is 2.08. The third kappa shape index (κ3) is 2.80. The van der Waals surface area contributed by atoms with E-state index < -0.39 is 0 Å². The fourth-order valence-corrected chi connectivity index (χ4v) is 1.15. The molecule has 2 rings (SSSR count). The van der Waals surface area contributed by atoms with Crippen molar-refractivity contribution in [2.24, 2.45) is 7.05 Å². The van der Waals surface area contributed by atoms with Crippen molar-refractivity contribution in [1.29, 1.82) is 0 Å². The average molecular weight is 233 g/mol. The van der Waals surface area contributed by atoms with Gasteiger partial charge in [-0.3, -0.25) is 9.78 Å². The van der Waals surface area contributed by atoms with Crippen molar-refractivity contribution in [3.8, 4) is 0 Å². The molecule has 2 aromatic heterocycles. The fourth-order valence-electron chi connectivity index (χ4n) is 1.15. The van der Waals surface area contributed by atoms with E-state index in [2.05, 4.69) is 30.7 Å². The van der Waals surface area contributed by atoms with Crippen molar-refractivity contribution in [2.45, 2.75) is 13.5 Å². The first-order valence-electron chi connectivity index (χ1n) is 4.95. The van der Waals surface area contributed by atoms with Gasteiger partial charge in [0, 0.05) is 6.20 Å². The minimum Gasteiger partial charge on any atom is -0.343 e. The van der Waals surface area contributed by atoms with Gasteiger partial charge in [-0.1, -0.05) is 0 Å². The topological polar surface area (TPSA) is 98.5 Å². The van der Waals surface area contributed by atoms with Crippen LogP contribution in [0.25, 0.3) is 0 Å². The molecule has 0 unspecified atom stereocenters. The van der Waals surface area contributed by atoms with Gasteiger partial charge in [-0.15, -0.1) is 10.2 Å². The second kappa shape index (κ2) is 4.64. The van der Waals surface area contributed by atoms with Gasteiger partial charge in [-0.25, -0.2) is 4.98 Å². The summed E-state index contributed by atoms with van der Waals surface area (Å²) in [4.78, 5) is 20.9. The molecule has 0 saturated heterocycles. The summed E-state index contributed by atoms with van der Waals surface area (Å²) in [5.74, 6) is 0.130. The Hall–Kier alpha value is -2.38. The molecule has 1 amide bonds. The number of hydrogen-bond acceptors (Lipinski definition) is 6. The Morgan fingerprint density at radius 2 is 2.24 bits per heavy atom. The summed E-state index contributed by atoms with van der Waals surface area (Å²) < 4.78 is 0. The molecule has 0 bridgehead atoms. The van der Waals surface area contributed by atoms with Crippen LogP contribution in [0.3, 0.4) is 0 Å². The molecule has 1 N–H and O–H groups in total. The van der Waals surface area contributed by atoms with Crippen LogP contribution in [0.5, 0.6) is 0 Å². The second-order valence-electron chi connectivity index (χ2n) is 3.42. The molecular weight excluding hydrogens is 222 g/mol. The summed E-state index contributed by atoms with van der Waals surface area (Å²) in [7, 11) is 1.66. The molecule has 8 nitrogen and oxygen atoms in total. The van der Waals surface area contributed by atoms with E-state index in [1.54, 1.807) is 14.0 Å². The smallest absolute Gasteiger partial charge is 0.271 e. The van der Waals surface area contributed by atoms with Crippen molar-refractivity contribution >= 4 is 5.91 Å². The Morgan fingerprint density at radius 3 is 2.82 bits per heavy atom. The van der Waals surface area contributed by atoms with Gasteiger partial charge in [0.15, 0.2) is 5.82 Å². The number of aryl methyl sites for hydroxylation is 2. The van der Waals surface area contributed by atoms with Crippen LogP contribution in [0, 0.1) is 6.92 Å². The van der Waals surface area contributed by atoms with Gasteiger partial charge in [-0.2, -0.15) is 4.80 Å². The molecule has 0 saturated carbocycles. The SMILES string of the molecule is Cc1cnc(C(=O)NCc2nnn(C)n2)cn1. The van der Waals surface area contributed by atoms with Crippen LogP contribution < -0.4 is 5.32 Å². The van der Waals surface area contributed by atoms with E-state index in [0.29, 0.717) is 5.82 Å². The van der Waals surface area contributed by atoms with Crippen LogP contribution in [0.15, 0.2) is 12.4 Å². The maximum absolute atomic E-state index is 11.6. The molecule has 0 aromatic carbocycles. The zero-order valence-electron chi connectivity index (χ0n) is 9.45. The molecule has 0 spiro atoms. The van der Waals surface area contributed by atoms with E-state index in [0.717, 1.165) is 5.69 Å². The Balaban J connectivity index is 1.95. The minimum absolute atomic E-state index is 0.211. The van der Waals surface area contributed by atoms with Crippen LogP contribution in [0.1, 0.15) is 22.0 Å². The average Bonchev–Trinajstić information content (AvgIpc) is 2.73. The third-order valence-corrected chi connectivity index (χ3v) is 1.97. The lowest BCUT2D eigenvalue weighted by Crippen LogP contribution is -2.24. The summed E-state index contributed by atoms with van der Waals surface area (Å²) >= 11 is 0. The van der Waals surface area contributed by atoms with Gasteiger partial charge in [-0.05, 0) is 12.1 Å². The number of tetrazole rings is 1. The standard InChI is InChI=1S/C9H11N7O/c1-6-3-11-7(4-10-6)9(17)12-5-8-13-15-16(2)14-8/h3-4H,5H2,1-2H3,(H,12,17). The highest BCUT2D eigenvalue weighted by molar-refractivity contribution is 5.91. The second-order valence-corrected chi connectivity index (χ2v) is 3.42. The minimum atomic E-state index is -0.315. The maximum Gasteiger partial charge on any atom is 0.271 e. The first-order valence-corrected chi connectivity index (χ1v) is 4.95. The van der Waals surface area contributed by atoms with Crippen molar-refractivity contribution in [2.75, 3.05) is 0 Å². The van der Waals surface area contributed by atoms with Gasteiger partial charge >= 0.3 is 0 Å². The Morgan fingerprint density at radius 1 is 1.41 bits per heavy atom. The maximum atomic E-state index is 11.6. The molecule has 0 fully saturated rings. The summed E-state index contributed by atoms with van der Waals surface area (Å²) in [6.45, 7) is 2.01. The van der Waals surface area contributed by atoms with Gasteiger partial charge in [0.2, 0.25) is 0 Å². The molecule has 88 valence electrons. The lowest BCUT2D eigenvalue weighted by atomic mass is 10.4. The van der Waals surface area contributed by atoms with Crippen LogP contribution in [0.4, 0.5) is 0 Å². The molecule has 8 heteroatoms. The van der Waals surface area contributed by atoms with E-state index >= 15 is 0 Å². The van der Waals surface area contributed by atoms with Crippen molar-refractivity contribution < 1.29 is 4.79 Å². The van der Waals surface area contributed by atoms with Gasteiger partial charge in [0.1, 0.15) is 5.69 Å². The molecule has 0 atom stereocenters. The van der Waals surface area contributed by atoms with E-state index in [1.807, 2.05) is 0 Å². The summed E-state index contributed by atoms with van der Waals surface area (Å²) in [6, 6.07) is 0. The molecule has 0 aliphatic carbocycles. The van der Waals surface area contributed by atoms with Crippen molar-refractivity contribution in [3.05, 3.63) is 29.6 Å². The number of nitrogens with zero attached hydrogens (tertiary/aromatic N) is 6. The van der Waals surface area contributed by atoms with Crippen LogP contribution in [-0.4, -0.2) is 36.1 Å². The first-order chi connectivity index (χ1) is 8.15. The predicted octanol–water partition coefficient (Wildman–Crippen LogP) is -0.761. The normalized spacial score (nSPS) is 10.2. The van der Waals surface area contributed by atoms with Gasteiger partial charge in [0.05, 0.1) is 25.5 Å². The van der Waals surface area contributed by atoms with Crippen molar-refractivity contribution in [3.63, 3.8) is 0 Å². The van der Waals surface area contributed by atoms with E-state index in [4.69, 9.17) is 0 Å². The van der Waals surface area contributed by atoms with Crippen LogP contribution >= 0.6 is 0 Å². The van der Waals surface area contributed by atoms with Gasteiger partial charge < -0.3 is 5.32 Å². The van der Waals surface area contributed by atoms with E-state index in [1.165, 1.54) is 17.2 Å². The summed E-state index contributed by atoms with van der Waals surface area (Å²) in [5.41, 5.74) is 1.02. The number of amides is 1. The monoisotopic (exact) mass is 233 g/mol. The highest BCUT2D eigenvalue weighted by Crippen LogP contribution is 1.94. The molecular formula is C9H11N7O. The Labute approximate surface area is 97.1 Å². The quantitative estimate of drug-likeness (QED) is 0.748. The van der Waals surface area contributed by atoms with Crippen LogP contribution in [-0.2, 0) is 13.6 Å². The van der Waals surface area contributed by atoms with Crippen molar-refractivity contribution in [1.82, 2.24) is 35.5 Å². The Kier molecular flexibility index (Phi) is 3.03. The van der Waals surface area contributed by atoms with Gasteiger partial charge in [0.25, 0.3) is 5.91 Å². The lowest BCUT2D eigenvalue weighted by Gasteiger charge is -2.01. The van der Waals surface area contributed by atoms with E-state index in [9.17, 15) is 4.79 Å². The zero-order chi connectivity index (χ0) is 12.3. The molecule has 2 aromatic rings. The number of carbonyl (C=O) groups excluding carboxylic acids is 1. The number of hydrogen-bond donors (Lipinski definition) is 1. The number of carbonyl (C=O) groups is 1. The molecule has 0 aliphatic rings. The number of aromatic nitrogens is 6. The fraction of sp³-hybridized carbons (Fsp3) is 0.333. The Bertz CT molecular complexity index is 518. The van der Waals surface area contributed by atoms with Crippen LogP contribution in [0.2, 0.25) is 0 Å². The highest BCUT2D eigenvalue weighted by atomic mass is 16.1. The molecule has 2 heterocycles. The molecule has 0 radical (unpaired) electrons. The molecule has 0 aliphatic heterocycles. The zero-order valence-corrected chi connectivity index (χ0v) is 9.45. The van der Waals surface area contributed by atoms with E-state index in [-0.39, 0.29) is 18.1 Å². The summed E-state index contributed by atoms with van der Waals surface area (Å²) in [6.07, 6.45) is 2.96. The lowest BCUT2D eigenvalue weighted by molar-refractivity contribution is 0.0944. The summed E-state index contributed by atoms with van der Waals surface area (Å²) in [5, 5.41) is 14.0. The predicted molar refractivity (Wildman–Crippen MR) is 56.7 cm³/mol.